The lowest BCUT2D eigenvalue weighted by atomic mass is 10.1. The third kappa shape index (κ3) is 5.75. The highest BCUT2D eigenvalue weighted by Gasteiger charge is 2.67. The van der Waals surface area contributed by atoms with Gasteiger partial charge in [-0.3, -0.25) is 10.1 Å². The first-order valence-electron chi connectivity index (χ1n) is 9.46. The molecule has 1 fully saturated rings. The van der Waals surface area contributed by atoms with Gasteiger partial charge in [-0.05, 0) is 29.8 Å². The molecule has 0 heterocycles. The predicted molar refractivity (Wildman–Crippen MR) is 116 cm³/mol. The average Bonchev–Trinajstić information content (AvgIpc) is 3.32. The zero-order valence-corrected chi connectivity index (χ0v) is 19.9. The number of hydrogen-bond acceptors (Lipinski definition) is 3. The standard InChI is InChI=1S/C20H13Cl4F7N2O2/c21-10-3-7(1-2-11(10)25)13-14(19(13,23)24)17(35)33-8-4-9(15(22)12(26)5-8)16(34)32-6-18(27,28)20(29,30)31/h1-5,13-14,16,32,34H,6H2,(H,33,35)/t13?,14?,16-/m1/s1. The van der Waals surface area contributed by atoms with Gasteiger partial charge in [0.2, 0.25) is 5.91 Å². The van der Waals surface area contributed by atoms with Crippen LogP contribution in [0.4, 0.5) is 36.4 Å². The van der Waals surface area contributed by atoms with Gasteiger partial charge < -0.3 is 10.4 Å². The number of aliphatic hydroxyl groups excluding tert-OH is 1. The van der Waals surface area contributed by atoms with E-state index in [4.69, 9.17) is 46.4 Å². The van der Waals surface area contributed by atoms with Crippen molar-refractivity contribution in [1.82, 2.24) is 5.32 Å². The van der Waals surface area contributed by atoms with Crippen LogP contribution in [0.3, 0.4) is 0 Å². The van der Waals surface area contributed by atoms with E-state index in [1.807, 2.05) is 0 Å². The van der Waals surface area contributed by atoms with Gasteiger partial charge >= 0.3 is 12.1 Å². The zero-order valence-electron chi connectivity index (χ0n) is 16.8. The maximum Gasteiger partial charge on any atom is 0.454 e. The average molecular weight is 588 g/mol. The number of carbonyl (C=O) groups excluding carboxylic acids is 1. The first-order valence-corrected chi connectivity index (χ1v) is 11.0. The van der Waals surface area contributed by atoms with Gasteiger partial charge in [0.05, 0.1) is 22.5 Å². The summed E-state index contributed by atoms with van der Waals surface area (Å²) in [5, 5.41) is 12.8. The summed E-state index contributed by atoms with van der Waals surface area (Å²) in [5.41, 5.74) is -0.613. The van der Waals surface area contributed by atoms with Crippen molar-refractivity contribution in [2.24, 2.45) is 5.92 Å². The molecular weight excluding hydrogens is 575 g/mol. The normalized spacial score (nSPS) is 20.5. The molecule has 0 bridgehead atoms. The molecule has 0 spiro atoms. The molecule has 3 atom stereocenters. The lowest BCUT2D eigenvalue weighted by Crippen LogP contribution is -2.46. The van der Waals surface area contributed by atoms with Crippen LogP contribution >= 0.6 is 46.4 Å². The number of nitrogens with one attached hydrogen (secondary N) is 2. The molecule has 2 aromatic carbocycles. The number of hydrogen-bond donors (Lipinski definition) is 3. The van der Waals surface area contributed by atoms with Gasteiger partial charge in [0, 0.05) is 17.2 Å². The molecule has 1 amide bonds. The number of anilines is 1. The fraction of sp³-hybridized carbons (Fsp3) is 0.350. The summed E-state index contributed by atoms with van der Waals surface area (Å²) in [6, 6.07) is 5.18. The third-order valence-electron chi connectivity index (χ3n) is 5.19. The summed E-state index contributed by atoms with van der Waals surface area (Å²) in [5.74, 6) is -9.89. The Balaban J connectivity index is 1.77. The highest BCUT2D eigenvalue weighted by atomic mass is 35.5. The van der Waals surface area contributed by atoms with Crippen molar-refractivity contribution in [1.29, 1.82) is 0 Å². The third-order valence-corrected chi connectivity index (χ3v) is 6.82. The molecule has 35 heavy (non-hydrogen) atoms. The fourth-order valence-corrected chi connectivity index (χ4v) is 4.54. The minimum Gasteiger partial charge on any atom is -0.374 e. The Morgan fingerprint density at radius 3 is 2.26 bits per heavy atom. The first-order chi connectivity index (χ1) is 16.0. The summed E-state index contributed by atoms with van der Waals surface area (Å²) in [6.45, 7) is -2.03. The van der Waals surface area contributed by atoms with Gasteiger partial charge in [0.15, 0.2) is 0 Å². The molecule has 1 saturated carbocycles. The van der Waals surface area contributed by atoms with E-state index >= 15 is 0 Å². The molecule has 2 aromatic rings. The van der Waals surface area contributed by atoms with E-state index in [-0.39, 0.29) is 10.7 Å². The van der Waals surface area contributed by atoms with Crippen LogP contribution in [0.15, 0.2) is 30.3 Å². The van der Waals surface area contributed by atoms with Crippen LogP contribution in [0, 0.1) is 17.6 Å². The number of amides is 1. The van der Waals surface area contributed by atoms with Gasteiger partial charge in [0.1, 0.15) is 22.2 Å². The van der Waals surface area contributed by atoms with E-state index in [0.29, 0.717) is 5.56 Å². The van der Waals surface area contributed by atoms with Crippen LogP contribution in [0.1, 0.15) is 23.3 Å². The molecular formula is C20H13Cl4F7N2O2. The number of alkyl halides is 7. The molecule has 4 nitrogen and oxygen atoms in total. The van der Waals surface area contributed by atoms with Crippen molar-refractivity contribution < 1.29 is 40.6 Å². The van der Waals surface area contributed by atoms with Crippen LogP contribution in [-0.4, -0.2) is 34.0 Å². The smallest absolute Gasteiger partial charge is 0.374 e. The van der Waals surface area contributed by atoms with Crippen LogP contribution in [0.25, 0.3) is 0 Å². The van der Waals surface area contributed by atoms with E-state index in [9.17, 15) is 40.6 Å². The Kier molecular flexibility index (Phi) is 7.82. The number of carbonyl (C=O) groups is 1. The van der Waals surface area contributed by atoms with Crippen molar-refractivity contribution in [2.45, 2.75) is 28.6 Å². The second-order valence-electron chi connectivity index (χ2n) is 7.64. The second kappa shape index (κ2) is 9.75. The largest absolute Gasteiger partial charge is 0.454 e. The van der Waals surface area contributed by atoms with Crippen molar-refractivity contribution in [3.63, 3.8) is 0 Å². The summed E-state index contributed by atoms with van der Waals surface area (Å²) in [7, 11) is 0. The molecule has 2 unspecified atom stereocenters. The minimum atomic E-state index is -5.89. The lowest BCUT2D eigenvalue weighted by molar-refractivity contribution is -0.280. The minimum absolute atomic E-state index is 0.236. The van der Waals surface area contributed by atoms with Gasteiger partial charge in [0.25, 0.3) is 0 Å². The number of halogens is 11. The van der Waals surface area contributed by atoms with Crippen LogP contribution in [0.2, 0.25) is 10.0 Å². The second-order valence-corrected chi connectivity index (χ2v) is 9.87. The topological polar surface area (TPSA) is 61.4 Å². The number of benzene rings is 2. The molecule has 192 valence electrons. The van der Waals surface area contributed by atoms with Crippen LogP contribution < -0.4 is 10.6 Å². The maximum absolute atomic E-state index is 14.3. The van der Waals surface area contributed by atoms with Crippen molar-refractivity contribution in [2.75, 3.05) is 11.9 Å². The van der Waals surface area contributed by atoms with Crippen LogP contribution in [-0.2, 0) is 4.79 Å². The van der Waals surface area contributed by atoms with E-state index < -0.39 is 69.2 Å². The Morgan fingerprint density at radius 2 is 1.69 bits per heavy atom. The van der Waals surface area contributed by atoms with Crippen molar-refractivity contribution in [3.05, 3.63) is 63.1 Å². The highest BCUT2D eigenvalue weighted by molar-refractivity contribution is 6.53. The van der Waals surface area contributed by atoms with E-state index in [1.165, 1.54) is 17.4 Å². The summed E-state index contributed by atoms with van der Waals surface area (Å²) in [6.07, 6.45) is -8.15. The molecule has 15 heteroatoms. The summed E-state index contributed by atoms with van der Waals surface area (Å²) >= 11 is 23.8. The van der Waals surface area contributed by atoms with E-state index in [0.717, 1.165) is 18.2 Å². The molecule has 1 aliphatic carbocycles. The molecule has 3 N–H and O–H groups in total. The molecule has 0 saturated heterocycles. The SMILES string of the molecule is O=C(Nc1cc(F)c(Cl)c([C@@H](O)NCC(F)(F)C(F)(F)F)c1)C1C(c2ccc(F)c(Cl)c2)C1(Cl)Cl. The van der Waals surface area contributed by atoms with Crippen molar-refractivity contribution in [3.8, 4) is 0 Å². The first kappa shape index (κ1) is 28.1. The van der Waals surface area contributed by atoms with Crippen LogP contribution in [0.5, 0.6) is 0 Å². The molecule has 0 radical (unpaired) electrons. The van der Waals surface area contributed by atoms with E-state index in [2.05, 4.69) is 5.32 Å². The Labute approximate surface area is 213 Å². The molecule has 3 rings (SSSR count). The molecule has 0 aliphatic heterocycles. The van der Waals surface area contributed by atoms with E-state index in [1.54, 1.807) is 0 Å². The zero-order chi connectivity index (χ0) is 26.5. The lowest BCUT2D eigenvalue weighted by Gasteiger charge is -2.23. The Morgan fingerprint density at radius 1 is 1.06 bits per heavy atom. The number of aliphatic hydroxyl groups is 1. The fourth-order valence-electron chi connectivity index (χ4n) is 3.31. The molecule has 1 aliphatic rings. The van der Waals surface area contributed by atoms with Gasteiger partial charge in [-0.25, -0.2) is 8.78 Å². The Bertz CT molecular complexity index is 1150. The summed E-state index contributed by atoms with van der Waals surface area (Å²) < 4.78 is 89.2. The summed E-state index contributed by atoms with van der Waals surface area (Å²) in [4.78, 5) is 12.7. The molecule has 0 aromatic heterocycles. The monoisotopic (exact) mass is 586 g/mol. The van der Waals surface area contributed by atoms with Gasteiger partial charge in [-0.2, -0.15) is 22.0 Å². The number of rotatable bonds is 7. The Hall–Kier alpha value is -1.50. The van der Waals surface area contributed by atoms with Gasteiger partial charge in [-0.1, -0.05) is 29.3 Å². The quantitative estimate of drug-likeness (QED) is 0.195. The highest BCUT2D eigenvalue weighted by Crippen LogP contribution is 2.65. The van der Waals surface area contributed by atoms with Crippen molar-refractivity contribution >= 4 is 58.0 Å². The predicted octanol–water partition coefficient (Wildman–Crippen LogP) is 6.58. The van der Waals surface area contributed by atoms with Gasteiger partial charge in [-0.15, -0.1) is 23.2 Å². The maximum atomic E-state index is 14.3.